The third-order valence-electron chi connectivity index (χ3n) is 3.79. The van der Waals surface area contributed by atoms with Gasteiger partial charge in [0.15, 0.2) is 0 Å². The summed E-state index contributed by atoms with van der Waals surface area (Å²) in [5.74, 6) is 1.63. The van der Waals surface area contributed by atoms with Crippen LogP contribution in [0.4, 0.5) is 0 Å². The van der Waals surface area contributed by atoms with E-state index >= 15 is 0 Å². The molecule has 0 amide bonds. The van der Waals surface area contributed by atoms with Gasteiger partial charge in [-0.2, -0.15) is 0 Å². The molecule has 74 valence electrons. The lowest BCUT2D eigenvalue weighted by Gasteiger charge is -2.31. The highest BCUT2D eigenvalue weighted by atomic mass is 14.9. The van der Waals surface area contributed by atoms with Crippen LogP contribution in [-0.2, 0) is 0 Å². The van der Waals surface area contributed by atoms with Crippen molar-refractivity contribution in [2.45, 2.75) is 26.7 Å². The van der Waals surface area contributed by atoms with Crippen LogP contribution in [0, 0.1) is 11.8 Å². The van der Waals surface area contributed by atoms with Gasteiger partial charge in [-0.25, -0.2) is 0 Å². The zero-order chi connectivity index (χ0) is 9.71. The highest BCUT2D eigenvalue weighted by Crippen LogP contribution is 2.53. The molecule has 2 unspecified atom stereocenters. The Morgan fingerprint density at radius 1 is 1.50 bits per heavy atom. The maximum atomic E-state index is 3.43. The van der Waals surface area contributed by atoms with Crippen LogP contribution in [0.15, 0.2) is 34.6 Å². The smallest absolute Gasteiger partial charge is 0.0252 e. The van der Waals surface area contributed by atoms with Crippen LogP contribution in [0.25, 0.3) is 0 Å². The Balaban J connectivity index is 1.64. The molecule has 0 saturated carbocycles. The molecule has 0 aliphatic heterocycles. The Hall–Kier alpha value is -0.980. The lowest BCUT2D eigenvalue weighted by atomic mass is 9.73. The van der Waals surface area contributed by atoms with Gasteiger partial charge in [0.1, 0.15) is 0 Å². The minimum absolute atomic E-state index is 0.771. The van der Waals surface area contributed by atoms with Crippen molar-refractivity contribution in [3.05, 3.63) is 34.6 Å². The van der Waals surface area contributed by atoms with Gasteiger partial charge in [-0.3, -0.25) is 0 Å². The SMILES string of the molecule is CCNC1=CC1C1CC2=C1CC=C2C. The summed E-state index contributed by atoms with van der Waals surface area (Å²) in [5.41, 5.74) is 6.44. The molecule has 0 bridgehead atoms. The summed E-state index contributed by atoms with van der Waals surface area (Å²) in [7, 11) is 0. The van der Waals surface area contributed by atoms with E-state index in [2.05, 4.69) is 31.3 Å². The summed E-state index contributed by atoms with van der Waals surface area (Å²) in [5, 5.41) is 3.43. The topological polar surface area (TPSA) is 12.0 Å². The number of nitrogens with one attached hydrogen (secondary N) is 1. The number of rotatable bonds is 3. The van der Waals surface area contributed by atoms with Crippen molar-refractivity contribution < 1.29 is 0 Å². The van der Waals surface area contributed by atoms with Crippen LogP contribution in [0.1, 0.15) is 26.7 Å². The molecule has 3 aliphatic carbocycles. The summed E-state index contributed by atoms with van der Waals surface area (Å²) in [4.78, 5) is 0. The van der Waals surface area contributed by atoms with Crippen LogP contribution >= 0.6 is 0 Å². The third-order valence-corrected chi connectivity index (χ3v) is 3.79. The number of allylic oxidation sites excluding steroid dienone is 6. The number of hydrogen-bond donors (Lipinski definition) is 1. The van der Waals surface area contributed by atoms with Gasteiger partial charge in [0.05, 0.1) is 0 Å². The molecule has 14 heavy (non-hydrogen) atoms. The first-order valence-electron chi connectivity index (χ1n) is 5.66. The predicted octanol–water partition coefficient (Wildman–Crippen LogP) is 2.78. The summed E-state index contributed by atoms with van der Waals surface area (Å²) < 4.78 is 0. The molecule has 0 heterocycles. The molecule has 3 rings (SSSR count). The van der Waals surface area contributed by atoms with E-state index in [-0.39, 0.29) is 0 Å². The summed E-state index contributed by atoms with van der Waals surface area (Å²) in [6.07, 6.45) is 7.34. The second-order valence-electron chi connectivity index (χ2n) is 4.58. The lowest BCUT2D eigenvalue weighted by molar-refractivity contribution is 0.480. The first-order chi connectivity index (χ1) is 6.81. The summed E-state index contributed by atoms with van der Waals surface area (Å²) in [6, 6.07) is 0. The molecule has 0 fully saturated rings. The van der Waals surface area contributed by atoms with Gasteiger partial charge in [0.25, 0.3) is 0 Å². The van der Waals surface area contributed by atoms with Gasteiger partial charge in [-0.05, 0) is 38.2 Å². The molecule has 0 radical (unpaired) electrons. The third kappa shape index (κ3) is 1.01. The van der Waals surface area contributed by atoms with E-state index < -0.39 is 0 Å². The largest absolute Gasteiger partial charge is 0.388 e. The molecule has 3 aliphatic rings. The van der Waals surface area contributed by atoms with Crippen molar-refractivity contribution in [3.63, 3.8) is 0 Å². The van der Waals surface area contributed by atoms with Crippen molar-refractivity contribution in [2.75, 3.05) is 6.54 Å². The Morgan fingerprint density at radius 2 is 2.36 bits per heavy atom. The monoisotopic (exact) mass is 187 g/mol. The van der Waals surface area contributed by atoms with Crippen LogP contribution in [-0.4, -0.2) is 6.54 Å². The number of hydrogen-bond acceptors (Lipinski definition) is 1. The van der Waals surface area contributed by atoms with Gasteiger partial charge < -0.3 is 5.32 Å². The van der Waals surface area contributed by atoms with Crippen molar-refractivity contribution in [1.82, 2.24) is 5.32 Å². The molecule has 0 saturated heterocycles. The molecule has 0 aromatic heterocycles. The average Bonchev–Trinajstić information content (AvgIpc) is 2.76. The molecule has 1 heteroatoms. The molecule has 1 nitrogen and oxygen atoms in total. The van der Waals surface area contributed by atoms with Crippen LogP contribution in [0.5, 0.6) is 0 Å². The van der Waals surface area contributed by atoms with E-state index in [1.165, 1.54) is 18.5 Å². The zero-order valence-electron chi connectivity index (χ0n) is 8.93. The molecule has 0 aromatic rings. The van der Waals surface area contributed by atoms with Crippen molar-refractivity contribution in [3.8, 4) is 0 Å². The van der Waals surface area contributed by atoms with Gasteiger partial charge in [0, 0.05) is 18.2 Å². The molecular formula is C13H17N. The van der Waals surface area contributed by atoms with Crippen LogP contribution in [0.2, 0.25) is 0 Å². The maximum absolute atomic E-state index is 3.43. The van der Waals surface area contributed by atoms with E-state index in [9.17, 15) is 0 Å². The molecule has 0 aromatic carbocycles. The zero-order valence-corrected chi connectivity index (χ0v) is 8.93. The normalized spacial score (nSPS) is 33.3. The molecule has 0 spiro atoms. The van der Waals surface area contributed by atoms with E-state index in [1.807, 2.05) is 0 Å². The fourth-order valence-electron chi connectivity index (χ4n) is 2.84. The Labute approximate surface area is 85.6 Å². The standard InChI is InChI=1S/C13H17N/c1-3-14-13-7-12(13)11-6-10-8(2)4-5-9(10)11/h4,7,11-12,14H,3,5-6H2,1-2H3. The molecular weight excluding hydrogens is 170 g/mol. The van der Waals surface area contributed by atoms with Crippen molar-refractivity contribution in [2.24, 2.45) is 11.8 Å². The predicted molar refractivity (Wildman–Crippen MR) is 58.8 cm³/mol. The molecule has 2 atom stereocenters. The minimum atomic E-state index is 0.771. The minimum Gasteiger partial charge on any atom is -0.388 e. The van der Waals surface area contributed by atoms with E-state index in [4.69, 9.17) is 0 Å². The Morgan fingerprint density at radius 3 is 3.07 bits per heavy atom. The maximum Gasteiger partial charge on any atom is 0.0252 e. The second kappa shape index (κ2) is 2.75. The van der Waals surface area contributed by atoms with Crippen LogP contribution in [0.3, 0.4) is 0 Å². The van der Waals surface area contributed by atoms with Crippen molar-refractivity contribution >= 4 is 0 Å². The van der Waals surface area contributed by atoms with E-state index in [0.717, 1.165) is 18.4 Å². The van der Waals surface area contributed by atoms with E-state index in [0.29, 0.717) is 0 Å². The highest BCUT2D eigenvalue weighted by Gasteiger charge is 2.42. The van der Waals surface area contributed by atoms with Crippen LogP contribution < -0.4 is 5.32 Å². The average molecular weight is 187 g/mol. The summed E-state index contributed by atoms with van der Waals surface area (Å²) in [6.45, 7) is 5.49. The fraction of sp³-hybridized carbons (Fsp3) is 0.538. The van der Waals surface area contributed by atoms with Gasteiger partial charge in [-0.15, -0.1) is 0 Å². The summed E-state index contributed by atoms with van der Waals surface area (Å²) >= 11 is 0. The quantitative estimate of drug-likeness (QED) is 0.716. The van der Waals surface area contributed by atoms with Gasteiger partial charge >= 0.3 is 0 Å². The first-order valence-corrected chi connectivity index (χ1v) is 5.66. The van der Waals surface area contributed by atoms with Crippen molar-refractivity contribution in [1.29, 1.82) is 0 Å². The Bertz CT molecular complexity index is 371. The second-order valence-corrected chi connectivity index (χ2v) is 4.58. The molecule has 1 N–H and O–H groups in total. The lowest BCUT2D eigenvalue weighted by Crippen LogP contribution is -2.22. The van der Waals surface area contributed by atoms with E-state index in [1.54, 1.807) is 16.7 Å². The van der Waals surface area contributed by atoms with Gasteiger partial charge in [0.2, 0.25) is 0 Å². The van der Waals surface area contributed by atoms with Gasteiger partial charge in [-0.1, -0.05) is 23.3 Å². The first kappa shape index (κ1) is 8.34. The Kier molecular flexibility index (Phi) is 1.64. The fourth-order valence-corrected chi connectivity index (χ4v) is 2.84. The highest BCUT2D eigenvalue weighted by molar-refractivity contribution is 5.52.